The summed E-state index contributed by atoms with van der Waals surface area (Å²) in [4.78, 5) is 25.8. The summed E-state index contributed by atoms with van der Waals surface area (Å²) in [6.45, 7) is 14.7. The molecule has 0 saturated heterocycles. The first kappa shape index (κ1) is 31.1. The molecule has 1 rings (SSSR count). The van der Waals surface area contributed by atoms with Crippen molar-refractivity contribution in [3.05, 3.63) is 35.9 Å². The maximum atomic E-state index is 14.3. The number of benzene rings is 1. The molecule has 0 bridgehead atoms. The van der Waals surface area contributed by atoms with Gasteiger partial charge in [0.25, 0.3) is 7.37 Å². The van der Waals surface area contributed by atoms with Crippen LogP contribution in [0.4, 0.5) is 4.79 Å². The molecule has 10 heteroatoms. The van der Waals surface area contributed by atoms with Crippen LogP contribution in [0.25, 0.3) is 0 Å². The van der Waals surface area contributed by atoms with E-state index in [9.17, 15) is 14.2 Å². The molecule has 0 aliphatic heterocycles. The smallest absolute Gasteiger partial charge is 0.408 e. The van der Waals surface area contributed by atoms with Crippen LogP contribution in [0.2, 0.25) is 0 Å². The van der Waals surface area contributed by atoms with Gasteiger partial charge < -0.3 is 29.4 Å². The van der Waals surface area contributed by atoms with Crippen LogP contribution in [0.1, 0.15) is 61.0 Å². The lowest BCUT2D eigenvalue weighted by Gasteiger charge is -2.34. The quantitative estimate of drug-likeness (QED) is 0.268. The van der Waals surface area contributed by atoms with Gasteiger partial charge in [0, 0.05) is 19.6 Å². The number of carbonyl (C=O) groups excluding carboxylic acids is 2. The van der Waals surface area contributed by atoms with Gasteiger partial charge in [-0.05, 0) is 53.0 Å². The maximum Gasteiger partial charge on any atom is 0.408 e. The number of carbonyl (C=O) groups is 2. The van der Waals surface area contributed by atoms with Gasteiger partial charge in [-0.25, -0.2) is 4.79 Å². The summed E-state index contributed by atoms with van der Waals surface area (Å²) >= 11 is 0. The number of hydrogen-bond donors (Lipinski definition) is 2. The average molecular weight is 515 g/mol. The first-order valence-electron chi connectivity index (χ1n) is 12.2. The molecule has 0 radical (unpaired) electrons. The Bertz CT molecular complexity index is 821. The molecule has 0 heterocycles. The molecular weight excluding hydrogens is 471 g/mol. The zero-order chi connectivity index (χ0) is 26.6. The first-order valence-corrected chi connectivity index (χ1v) is 13.9. The van der Waals surface area contributed by atoms with Crippen LogP contribution in [0.15, 0.2) is 30.3 Å². The van der Waals surface area contributed by atoms with E-state index >= 15 is 0 Å². The fourth-order valence-electron chi connectivity index (χ4n) is 3.37. The zero-order valence-corrected chi connectivity index (χ0v) is 23.2. The van der Waals surface area contributed by atoms with E-state index in [1.54, 1.807) is 55.4 Å². The fraction of sp³-hybridized carbons (Fsp3) is 0.680. The van der Waals surface area contributed by atoms with Crippen molar-refractivity contribution in [3.63, 3.8) is 0 Å². The summed E-state index contributed by atoms with van der Waals surface area (Å²) in [5.41, 5.74) is 0.135. The van der Waals surface area contributed by atoms with Crippen molar-refractivity contribution < 1.29 is 32.9 Å². The summed E-state index contributed by atoms with van der Waals surface area (Å²) < 4.78 is 36.8. The molecule has 0 fully saturated rings. The number of ether oxygens (including phenoxy) is 3. The van der Waals surface area contributed by atoms with Gasteiger partial charge in [-0.15, -0.1) is 0 Å². The lowest BCUT2D eigenvalue weighted by atomic mass is 10.0. The number of alkyl carbamates (subject to hydrolysis) is 1. The molecule has 3 atom stereocenters. The highest BCUT2D eigenvalue weighted by Crippen LogP contribution is 2.57. The van der Waals surface area contributed by atoms with Gasteiger partial charge in [0.2, 0.25) is 11.9 Å². The fourth-order valence-corrected chi connectivity index (χ4v) is 5.85. The molecular formula is C25H43N2O7P. The second kappa shape index (κ2) is 14.6. The first-order chi connectivity index (χ1) is 16.4. The Morgan fingerprint density at radius 1 is 0.943 bits per heavy atom. The van der Waals surface area contributed by atoms with Gasteiger partial charge in [-0.1, -0.05) is 44.2 Å². The van der Waals surface area contributed by atoms with Gasteiger partial charge in [0.1, 0.15) is 17.4 Å². The van der Waals surface area contributed by atoms with Crippen molar-refractivity contribution in [3.8, 4) is 0 Å². The third-order valence-corrected chi connectivity index (χ3v) is 7.61. The summed E-state index contributed by atoms with van der Waals surface area (Å²) in [5.74, 6) is -1.72. The third-order valence-electron chi connectivity index (χ3n) is 4.88. The van der Waals surface area contributed by atoms with Crippen LogP contribution in [0.5, 0.6) is 0 Å². The molecule has 9 nitrogen and oxygen atoms in total. The monoisotopic (exact) mass is 514 g/mol. The topological polar surface area (TPSA) is 112 Å². The van der Waals surface area contributed by atoms with Crippen LogP contribution >= 0.6 is 7.37 Å². The van der Waals surface area contributed by atoms with Crippen molar-refractivity contribution in [2.45, 2.75) is 85.3 Å². The number of amides is 2. The molecule has 0 spiro atoms. The number of hydrogen-bond acceptors (Lipinski definition) is 7. The molecule has 1 unspecified atom stereocenters. The summed E-state index contributed by atoms with van der Waals surface area (Å²) in [6, 6.07) is 7.29. The summed E-state index contributed by atoms with van der Waals surface area (Å²) in [6.07, 6.45) is -0.488. The van der Waals surface area contributed by atoms with Crippen molar-refractivity contribution in [1.82, 2.24) is 10.6 Å². The highest BCUT2D eigenvalue weighted by Gasteiger charge is 2.45. The molecule has 200 valence electrons. The van der Waals surface area contributed by atoms with Crippen LogP contribution in [0, 0.1) is 5.92 Å². The summed E-state index contributed by atoms with van der Waals surface area (Å²) in [5, 5.41) is 5.52. The minimum absolute atomic E-state index is 0.138. The van der Waals surface area contributed by atoms with Crippen LogP contribution < -0.4 is 10.6 Å². The standard InChI is InChI=1S/C25H43N2O7P/c1-9-31-24(32-10-2)35(30,33-11-3)20(17-19-15-13-12-14-16-19)26-22(28)21(18(4)5)27-23(29)34-25(6,7)8/h12-16,18,20-21,24H,9-11,17H2,1-8H3,(H,26,28)(H,27,29)/t20-,21+,35?/m1/s1. The predicted octanol–water partition coefficient (Wildman–Crippen LogP) is 4.89. The Kier molecular flexibility index (Phi) is 13.0. The third kappa shape index (κ3) is 10.3. The largest absolute Gasteiger partial charge is 0.444 e. The molecule has 0 aliphatic carbocycles. The molecule has 1 aromatic carbocycles. The van der Waals surface area contributed by atoms with Gasteiger partial charge >= 0.3 is 6.09 Å². The Morgan fingerprint density at radius 3 is 1.97 bits per heavy atom. The molecule has 2 N–H and O–H groups in total. The molecule has 1 aromatic rings. The lowest BCUT2D eigenvalue weighted by molar-refractivity contribution is -0.124. The van der Waals surface area contributed by atoms with Crippen LogP contribution in [-0.2, 0) is 34.5 Å². The zero-order valence-electron chi connectivity index (χ0n) is 22.3. The Balaban J connectivity index is 3.34. The minimum Gasteiger partial charge on any atom is -0.444 e. The summed E-state index contributed by atoms with van der Waals surface area (Å²) in [7, 11) is -3.75. The molecule has 0 saturated carbocycles. The van der Waals surface area contributed by atoms with E-state index in [2.05, 4.69) is 10.6 Å². The van der Waals surface area contributed by atoms with E-state index in [1.165, 1.54) is 0 Å². The normalized spacial score (nSPS) is 15.4. The van der Waals surface area contributed by atoms with E-state index in [0.29, 0.717) is 0 Å². The molecule has 2 amide bonds. The Morgan fingerprint density at radius 2 is 1.51 bits per heavy atom. The molecule has 0 aromatic heterocycles. The maximum absolute atomic E-state index is 14.3. The van der Waals surface area contributed by atoms with Gasteiger partial charge in [0.15, 0.2) is 0 Å². The number of nitrogens with one attached hydrogen (secondary N) is 2. The highest BCUT2D eigenvalue weighted by atomic mass is 31.2. The number of rotatable bonds is 14. The Labute approximate surface area is 210 Å². The van der Waals surface area contributed by atoms with E-state index in [1.807, 2.05) is 30.3 Å². The van der Waals surface area contributed by atoms with Crippen LogP contribution in [0.3, 0.4) is 0 Å². The van der Waals surface area contributed by atoms with E-state index < -0.39 is 42.8 Å². The Hall–Kier alpha value is -1.93. The van der Waals surface area contributed by atoms with E-state index in [-0.39, 0.29) is 32.2 Å². The van der Waals surface area contributed by atoms with Gasteiger partial charge in [0.05, 0.1) is 6.61 Å². The van der Waals surface area contributed by atoms with Crippen LogP contribution in [-0.4, -0.2) is 55.3 Å². The molecule has 0 aliphatic rings. The second-order valence-electron chi connectivity index (χ2n) is 9.36. The average Bonchev–Trinajstić information content (AvgIpc) is 2.76. The predicted molar refractivity (Wildman–Crippen MR) is 136 cm³/mol. The van der Waals surface area contributed by atoms with Crippen molar-refractivity contribution in [2.75, 3.05) is 19.8 Å². The van der Waals surface area contributed by atoms with Crippen molar-refractivity contribution >= 4 is 19.4 Å². The second-order valence-corrected chi connectivity index (χ2v) is 12.0. The molecule has 35 heavy (non-hydrogen) atoms. The van der Waals surface area contributed by atoms with E-state index in [4.69, 9.17) is 18.7 Å². The van der Waals surface area contributed by atoms with Gasteiger partial charge in [-0.2, -0.15) is 0 Å². The van der Waals surface area contributed by atoms with Gasteiger partial charge in [-0.3, -0.25) is 9.36 Å². The highest BCUT2D eigenvalue weighted by molar-refractivity contribution is 7.60. The van der Waals surface area contributed by atoms with E-state index in [0.717, 1.165) is 5.56 Å². The minimum atomic E-state index is -3.75. The SMILES string of the molecule is CCOC(OCC)P(=O)(OCC)[C@H](Cc1ccccc1)NC(=O)[C@@H](NC(=O)OC(C)(C)C)C(C)C. The van der Waals surface area contributed by atoms with Crippen molar-refractivity contribution in [2.24, 2.45) is 5.92 Å². The lowest BCUT2D eigenvalue weighted by Crippen LogP contribution is -2.53. The van der Waals surface area contributed by atoms with Crippen molar-refractivity contribution in [1.29, 1.82) is 0 Å².